The number of carbonyl (C=O) groups is 2. The van der Waals surface area contributed by atoms with Crippen LogP contribution in [0, 0.1) is 0 Å². The van der Waals surface area contributed by atoms with Crippen LogP contribution in [0.25, 0.3) is 0 Å². The number of fused-ring (bicyclic) bond motifs is 1. The van der Waals surface area contributed by atoms with Crippen LogP contribution in [0.2, 0.25) is 0 Å². The molecule has 0 bridgehead atoms. The zero-order valence-corrected chi connectivity index (χ0v) is 16.7. The van der Waals surface area contributed by atoms with E-state index in [0.29, 0.717) is 13.0 Å². The quantitative estimate of drug-likeness (QED) is 0.243. The SMILES string of the molecule is NC(N)=NCCSCc1cnccc1SC1C=C(C(=O)O)N2C(=O)C[C@H]2S1. The minimum Gasteiger partial charge on any atom is -0.477 e. The van der Waals surface area contributed by atoms with Crippen molar-refractivity contribution in [2.75, 3.05) is 12.3 Å². The first-order valence-electron chi connectivity index (χ1n) is 8.11. The lowest BCUT2D eigenvalue weighted by atomic mass is 10.1. The molecule has 3 rings (SSSR count). The highest BCUT2D eigenvalue weighted by Crippen LogP contribution is 2.46. The zero-order valence-electron chi connectivity index (χ0n) is 14.3. The second kappa shape index (κ2) is 8.89. The van der Waals surface area contributed by atoms with E-state index >= 15 is 0 Å². The number of β-lactam (4-membered cyclic amide) rings is 1. The first-order valence-corrected chi connectivity index (χ1v) is 11.1. The van der Waals surface area contributed by atoms with E-state index in [1.165, 1.54) is 4.90 Å². The van der Waals surface area contributed by atoms with E-state index in [9.17, 15) is 14.7 Å². The van der Waals surface area contributed by atoms with Crippen molar-refractivity contribution in [3.63, 3.8) is 0 Å². The fourth-order valence-corrected chi connectivity index (χ4v) is 6.41. The summed E-state index contributed by atoms with van der Waals surface area (Å²) >= 11 is 4.89. The van der Waals surface area contributed by atoms with Gasteiger partial charge in [0, 0.05) is 28.8 Å². The Hall–Kier alpha value is -1.85. The summed E-state index contributed by atoms with van der Waals surface area (Å²) in [6.07, 6.45) is 5.59. The average Bonchev–Trinajstić information content (AvgIpc) is 2.61. The van der Waals surface area contributed by atoms with Gasteiger partial charge in [-0.05, 0) is 17.7 Å². The molecule has 0 aliphatic carbocycles. The first kappa shape index (κ1) is 19.9. The minimum atomic E-state index is -1.07. The highest BCUT2D eigenvalue weighted by Gasteiger charge is 2.45. The summed E-state index contributed by atoms with van der Waals surface area (Å²) in [6, 6.07) is 1.93. The molecular weight excluding hydrogens is 406 g/mol. The Morgan fingerprint density at radius 1 is 1.48 bits per heavy atom. The maximum atomic E-state index is 11.7. The molecule has 1 fully saturated rings. The number of pyridine rings is 1. The number of aliphatic carboxylic acids is 1. The predicted octanol–water partition coefficient (Wildman–Crippen LogP) is 1.28. The number of carbonyl (C=O) groups excluding carboxylic acids is 1. The monoisotopic (exact) mass is 425 g/mol. The van der Waals surface area contributed by atoms with Crippen LogP contribution < -0.4 is 11.5 Å². The minimum absolute atomic E-state index is 0.0711. The number of hydrogen-bond acceptors (Lipinski definition) is 7. The van der Waals surface area contributed by atoms with Crippen molar-refractivity contribution in [2.24, 2.45) is 16.5 Å². The number of aliphatic imine (C=N–C) groups is 1. The molecule has 1 aromatic rings. The number of amides is 1. The van der Waals surface area contributed by atoms with Crippen LogP contribution in [0.4, 0.5) is 0 Å². The number of carboxylic acids is 1. The predicted molar refractivity (Wildman–Crippen MR) is 109 cm³/mol. The Labute approximate surface area is 169 Å². The van der Waals surface area contributed by atoms with Gasteiger partial charge in [-0.2, -0.15) is 11.8 Å². The standard InChI is InChI=1S/C16H19N5O3S3/c17-16(18)20-3-4-25-8-9-7-19-2-1-11(9)26-14-5-10(15(23)24)21-12(22)6-13(21)27-14/h1-2,5,7,13-14H,3-4,6,8H2,(H,23,24)(H4,17,18,20)/t13-,14?/m1/s1. The Bertz CT molecular complexity index is 797. The van der Waals surface area contributed by atoms with E-state index in [1.54, 1.807) is 47.6 Å². The van der Waals surface area contributed by atoms with Crippen molar-refractivity contribution in [1.82, 2.24) is 9.88 Å². The van der Waals surface area contributed by atoms with Gasteiger partial charge in [-0.25, -0.2) is 4.79 Å². The smallest absolute Gasteiger partial charge is 0.352 e. The number of hydrogen-bond donors (Lipinski definition) is 3. The van der Waals surface area contributed by atoms with Gasteiger partial charge in [0.1, 0.15) is 5.70 Å². The molecule has 3 heterocycles. The molecule has 1 saturated heterocycles. The van der Waals surface area contributed by atoms with Crippen molar-refractivity contribution in [3.05, 3.63) is 35.8 Å². The molecule has 8 nitrogen and oxygen atoms in total. The van der Waals surface area contributed by atoms with Crippen molar-refractivity contribution in [2.45, 2.75) is 27.0 Å². The molecule has 144 valence electrons. The maximum absolute atomic E-state index is 11.7. The Balaban J connectivity index is 1.65. The fourth-order valence-electron chi connectivity index (χ4n) is 2.61. The molecule has 2 aliphatic rings. The van der Waals surface area contributed by atoms with Gasteiger partial charge in [0.25, 0.3) is 0 Å². The molecule has 11 heteroatoms. The molecule has 2 aliphatic heterocycles. The summed E-state index contributed by atoms with van der Waals surface area (Å²) in [4.78, 5) is 33.7. The largest absolute Gasteiger partial charge is 0.477 e. The molecule has 1 aromatic heterocycles. The third-order valence-corrected chi connectivity index (χ3v) is 7.58. The van der Waals surface area contributed by atoms with Gasteiger partial charge in [0.2, 0.25) is 5.91 Å². The van der Waals surface area contributed by atoms with Gasteiger partial charge in [0.05, 0.1) is 22.9 Å². The van der Waals surface area contributed by atoms with Gasteiger partial charge >= 0.3 is 5.97 Å². The van der Waals surface area contributed by atoms with Gasteiger partial charge in [0.15, 0.2) is 5.96 Å². The van der Waals surface area contributed by atoms with E-state index in [4.69, 9.17) is 11.5 Å². The molecule has 27 heavy (non-hydrogen) atoms. The summed E-state index contributed by atoms with van der Waals surface area (Å²) in [7, 11) is 0. The van der Waals surface area contributed by atoms with Crippen LogP contribution >= 0.6 is 35.3 Å². The van der Waals surface area contributed by atoms with E-state index < -0.39 is 5.97 Å². The molecule has 0 aromatic carbocycles. The van der Waals surface area contributed by atoms with E-state index in [-0.39, 0.29) is 27.5 Å². The second-order valence-corrected chi connectivity index (χ2v) is 9.66. The molecule has 1 unspecified atom stereocenters. The summed E-state index contributed by atoms with van der Waals surface area (Å²) in [5, 5.41) is 9.31. The lowest BCUT2D eigenvalue weighted by Crippen LogP contribution is -2.53. The van der Waals surface area contributed by atoms with Crippen molar-refractivity contribution in [1.29, 1.82) is 0 Å². The second-order valence-electron chi connectivity index (χ2n) is 5.74. The highest BCUT2D eigenvalue weighted by atomic mass is 32.2. The third kappa shape index (κ3) is 4.90. The molecule has 0 saturated carbocycles. The molecule has 0 spiro atoms. The number of aromatic nitrogens is 1. The van der Waals surface area contributed by atoms with Gasteiger partial charge in [-0.15, -0.1) is 23.5 Å². The van der Waals surface area contributed by atoms with Crippen molar-refractivity contribution >= 4 is 53.1 Å². The third-order valence-electron chi connectivity index (χ3n) is 3.86. The summed E-state index contributed by atoms with van der Waals surface area (Å²) in [5.74, 6) is 0.441. The van der Waals surface area contributed by atoms with Crippen molar-refractivity contribution < 1.29 is 14.7 Å². The molecule has 0 radical (unpaired) electrons. The molecule has 5 N–H and O–H groups in total. The summed E-state index contributed by atoms with van der Waals surface area (Å²) < 4.78 is -0.0711. The number of nitrogens with zero attached hydrogens (tertiary/aromatic N) is 3. The molecular formula is C16H19N5O3S3. The number of thioether (sulfide) groups is 3. The van der Waals surface area contributed by atoms with Crippen LogP contribution in [0.3, 0.4) is 0 Å². The Morgan fingerprint density at radius 2 is 2.30 bits per heavy atom. The number of carboxylic acid groups (broad SMARTS) is 1. The number of guanidine groups is 1. The summed E-state index contributed by atoms with van der Waals surface area (Å²) in [5.41, 5.74) is 11.8. The topological polar surface area (TPSA) is 135 Å². The molecule has 2 atom stereocenters. The Morgan fingerprint density at radius 3 is 3.00 bits per heavy atom. The van der Waals surface area contributed by atoms with Crippen LogP contribution in [0.1, 0.15) is 12.0 Å². The van der Waals surface area contributed by atoms with Crippen LogP contribution in [0.15, 0.2) is 40.1 Å². The lowest BCUT2D eigenvalue weighted by Gasteiger charge is -2.44. The van der Waals surface area contributed by atoms with Gasteiger partial charge < -0.3 is 16.6 Å². The average molecular weight is 426 g/mol. The van der Waals surface area contributed by atoms with E-state index in [2.05, 4.69) is 9.98 Å². The highest BCUT2D eigenvalue weighted by molar-refractivity contribution is 8.17. The maximum Gasteiger partial charge on any atom is 0.352 e. The van der Waals surface area contributed by atoms with Gasteiger partial charge in [-0.1, -0.05) is 0 Å². The van der Waals surface area contributed by atoms with E-state index in [0.717, 1.165) is 22.0 Å². The molecule has 1 amide bonds. The summed E-state index contributed by atoms with van der Waals surface area (Å²) in [6.45, 7) is 0.560. The van der Waals surface area contributed by atoms with Crippen LogP contribution in [-0.2, 0) is 15.3 Å². The van der Waals surface area contributed by atoms with Gasteiger partial charge in [-0.3, -0.25) is 19.7 Å². The van der Waals surface area contributed by atoms with Crippen molar-refractivity contribution in [3.8, 4) is 0 Å². The zero-order chi connectivity index (χ0) is 19.4. The first-order chi connectivity index (χ1) is 13.0. The lowest BCUT2D eigenvalue weighted by molar-refractivity contribution is -0.146. The normalized spacial score (nSPS) is 21.1. The fraction of sp³-hybridized carbons (Fsp3) is 0.375. The van der Waals surface area contributed by atoms with Crippen LogP contribution in [-0.4, -0.2) is 55.1 Å². The van der Waals surface area contributed by atoms with E-state index in [1.807, 2.05) is 12.3 Å². The number of nitrogens with two attached hydrogens (primary N) is 2. The van der Waals surface area contributed by atoms with Crippen LogP contribution in [0.5, 0.6) is 0 Å². The Kier molecular flexibility index (Phi) is 6.55. The number of rotatable bonds is 8.